The van der Waals surface area contributed by atoms with E-state index in [4.69, 9.17) is 0 Å². The summed E-state index contributed by atoms with van der Waals surface area (Å²) < 4.78 is 1.90. The highest BCUT2D eigenvalue weighted by atomic mass is 15.3. The van der Waals surface area contributed by atoms with E-state index in [1.165, 1.54) is 11.1 Å². The van der Waals surface area contributed by atoms with E-state index in [0.717, 1.165) is 30.1 Å². The molecular formula is C10H12N4. The van der Waals surface area contributed by atoms with Crippen molar-refractivity contribution in [3.63, 3.8) is 0 Å². The van der Waals surface area contributed by atoms with E-state index < -0.39 is 0 Å². The number of aromatic nitrogens is 3. The second-order valence-corrected chi connectivity index (χ2v) is 3.81. The van der Waals surface area contributed by atoms with Gasteiger partial charge in [0, 0.05) is 30.5 Å². The normalized spacial score (nSPS) is 15.0. The second-order valence-electron chi connectivity index (χ2n) is 3.81. The Morgan fingerprint density at radius 3 is 3.07 bits per heavy atom. The van der Waals surface area contributed by atoms with Gasteiger partial charge in [-0.1, -0.05) is 0 Å². The fourth-order valence-electron chi connectivity index (χ4n) is 1.87. The smallest absolute Gasteiger partial charge is 0.160 e. The van der Waals surface area contributed by atoms with Crippen LogP contribution in [0, 0.1) is 13.8 Å². The molecule has 1 aliphatic heterocycles. The maximum Gasteiger partial charge on any atom is 0.160 e. The lowest BCUT2D eigenvalue weighted by molar-refractivity contribution is 0.731. The molecule has 1 aliphatic rings. The van der Waals surface area contributed by atoms with Gasteiger partial charge in [0.2, 0.25) is 0 Å². The Bertz CT molecular complexity index is 512. The molecule has 0 amide bonds. The van der Waals surface area contributed by atoms with Crippen LogP contribution < -0.4 is 5.32 Å². The molecule has 2 aromatic rings. The summed E-state index contributed by atoms with van der Waals surface area (Å²) >= 11 is 0. The summed E-state index contributed by atoms with van der Waals surface area (Å²) in [5.41, 5.74) is 5.68. The van der Waals surface area contributed by atoms with Gasteiger partial charge in [-0.05, 0) is 19.4 Å². The Labute approximate surface area is 82.0 Å². The SMILES string of the molecule is Cc1cn2nc3c(c2nc1C)CNC3. The maximum atomic E-state index is 4.57. The first-order valence-electron chi connectivity index (χ1n) is 4.81. The average molecular weight is 188 g/mol. The fraction of sp³-hybridized carbons (Fsp3) is 0.400. The summed E-state index contributed by atoms with van der Waals surface area (Å²) in [6, 6.07) is 0. The van der Waals surface area contributed by atoms with Crippen LogP contribution in [-0.4, -0.2) is 14.6 Å². The van der Waals surface area contributed by atoms with Crippen LogP contribution in [0.1, 0.15) is 22.5 Å². The second kappa shape index (κ2) is 2.54. The van der Waals surface area contributed by atoms with Crippen LogP contribution in [0.2, 0.25) is 0 Å². The molecule has 0 atom stereocenters. The Kier molecular flexibility index (Phi) is 1.44. The van der Waals surface area contributed by atoms with Crippen molar-refractivity contribution in [3.8, 4) is 0 Å². The molecule has 0 radical (unpaired) electrons. The molecule has 3 rings (SSSR count). The molecule has 4 nitrogen and oxygen atoms in total. The van der Waals surface area contributed by atoms with E-state index in [-0.39, 0.29) is 0 Å². The first-order valence-corrected chi connectivity index (χ1v) is 4.81. The molecule has 0 saturated heterocycles. The molecule has 0 unspecified atom stereocenters. The van der Waals surface area contributed by atoms with Crippen molar-refractivity contribution >= 4 is 5.65 Å². The number of rotatable bonds is 0. The summed E-state index contributed by atoms with van der Waals surface area (Å²) in [7, 11) is 0. The van der Waals surface area contributed by atoms with Gasteiger partial charge >= 0.3 is 0 Å². The molecule has 1 N–H and O–H groups in total. The monoisotopic (exact) mass is 188 g/mol. The quantitative estimate of drug-likeness (QED) is 0.669. The van der Waals surface area contributed by atoms with Crippen LogP contribution in [0.3, 0.4) is 0 Å². The third kappa shape index (κ3) is 0.915. The molecule has 3 heterocycles. The predicted molar refractivity (Wildman–Crippen MR) is 53.0 cm³/mol. The minimum absolute atomic E-state index is 0.872. The number of hydrogen-bond donors (Lipinski definition) is 1. The standard InChI is InChI=1S/C10H12N4/c1-6-5-14-10(12-7(6)2)8-3-11-4-9(8)13-14/h5,11H,3-4H2,1-2H3. The summed E-state index contributed by atoms with van der Waals surface area (Å²) in [4.78, 5) is 4.57. The van der Waals surface area contributed by atoms with Gasteiger partial charge in [-0.25, -0.2) is 9.50 Å². The molecular weight excluding hydrogens is 176 g/mol. The number of fused-ring (bicyclic) bond motifs is 3. The summed E-state index contributed by atoms with van der Waals surface area (Å²) in [5.74, 6) is 0. The van der Waals surface area contributed by atoms with Crippen molar-refractivity contribution in [2.45, 2.75) is 26.9 Å². The van der Waals surface area contributed by atoms with Crippen LogP contribution in [0.25, 0.3) is 5.65 Å². The van der Waals surface area contributed by atoms with Gasteiger partial charge in [-0.2, -0.15) is 5.10 Å². The van der Waals surface area contributed by atoms with Crippen molar-refractivity contribution in [2.75, 3.05) is 0 Å². The molecule has 4 heteroatoms. The fourth-order valence-corrected chi connectivity index (χ4v) is 1.87. The Balaban J connectivity index is 2.39. The summed E-state index contributed by atoms with van der Waals surface area (Å²) in [6.07, 6.45) is 2.05. The predicted octanol–water partition coefficient (Wildman–Crippen LogP) is 0.949. The average Bonchev–Trinajstić information content (AvgIpc) is 2.68. The van der Waals surface area contributed by atoms with E-state index in [1.54, 1.807) is 0 Å². The van der Waals surface area contributed by atoms with Crippen molar-refractivity contribution in [1.29, 1.82) is 0 Å². The van der Waals surface area contributed by atoms with Gasteiger partial charge in [0.25, 0.3) is 0 Å². The highest BCUT2D eigenvalue weighted by Crippen LogP contribution is 2.19. The lowest BCUT2D eigenvalue weighted by Crippen LogP contribution is -2.05. The first kappa shape index (κ1) is 7.94. The molecule has 72 valence electrons. The number of hydrogen-bond acceptors (Lipinski definition) is 3. The van der Waals surface area contributed by atoms with Crippen LogP contribution >= 0.6 is 0 Å². The minimum Gasteiger partial charge on any atom is -0.307 e. The number of nitrogens with zero attached hydrogens (tertiary/aromatic N) is 3. The van der Waals surface area contributed by atoms with Crippen molar-refractivity contribution in [3.05, 3.63) is 28.7 Å². The van der Waals surface area contributed by atoms with E-state index in [1.807, 2.05) is 11.4 Å². The van der Waals surface area contributed by atoms with Crippen LogP contribution in [0.15, 0.2) is 6.20 Å². The molecule has 0 saturated carbocycles. The molecule has 0 bridgehead atoms. The van der Waals surface area contributed by atoms with Gasteiger partial charge in [0.15, 0.2) is 5.65 Å². The van der Waals surface area contributed by atoms with E-state index in [9.17, 15) is 0 Å². The van der Waals surface area contributed by atoms with Gasteiger partial charge < -0.3 is 5.32 Å². The zero-order chi connectivity index (χ0) is 9.71. The third-order valence-corrected chi connectivity index (χ3v) is 2.82. The maximum absolute atomic E-state index is 4.57. The molecule has 14 heavy (non-hydrogen) atoms. The highest BCUT2D eigenvalue weighted by molar-refractivity contribution is 5.52. The molecule has 0 spiro atoms. The van der Waals surface area contributed by atoms with Gasteiger partial charge in [-0.3, -0.25) is 0 Å². The van der Waals surface area contributed by atoms with Crippen LogP contribution in [-0.2, 0) is 13.1 Å². The summed E-state index contributed by atoms with van der Waals surface area (Å²) in [6.45, 7) is 5.87. The Hall–Kier alpha value is -1.42. The van der Waals surface area contributed by atoms with Crippen molar-refractivity contribution in [2.24, 2.45) is 0 Å². The minimum atomic E-state index is 0.872. The van der Waals surface area contributed by atoms with Crippen molar-refractivity contribution in [1.82, 2.24) is 19.9 Å². The van der Waals surface area contributed by atoms with E-state index in [0.29, 0.717) is 0 Å². The van der Waals surface area contributed by atoms with Gasteiger partial charge in [-0.15, -0.1) is 0 Å². The zero-order valence-electron chi connectivity index (χ0n) is 8.33. The van der Waals surface area contributed by atoms with Gasteiger partial charge in [0.1, 0.15) is 0 Å². The lowest BCUT2D eigenvalue weighted by Gasteiger charge is -2.01. The van der Waals surface area contributed by atoms with Crippen molar-refractivity contribution < 1.29 is 0 Å². The third-order valence-electron chi connectivity index (χ3n) is 2.82. The van der Waals surface area contributed by atoms with Crippen LogP contribution in [0.4, 0.5) is 0 Å². The van der Waals surface area contributed by atoms with E-state index >= 15 is 0 Å². The molecule has 0 aliphatic carbocycles. The number of nitrogens with one attached hydrogen (secondary N) is 1. The first-order chi connectivity index (χ1) is 6.75. The zero-order valence-corrected chi connectivity index (χ0v) is 8.33. The highest BCUT2D eigenvalue weighted by Gasteiger charge is 2.18. The van der Waals surface area contributed by atoms with Crippen LogP contribution in [0.5, 0.6) is 0 Å². The largest absolute Gasteiger partial charge is 0.307 e. The van der Waals surface area contributed by atoms with E-state index in [2.05, 4.69) is 28.5 Å². The molecule has 0 fully saturated rings. The van der Waals surface area contributed by atoms with Gasteiger partial charge in [0.05, 0.1) is 5.69 Å². The molecule has 0 aromatic carbocycles. The Morgan fingerprint density at radius 2 is 2.21 bits per heavy atom. The topological polar surface area (TPSA) is 42.2 Å². The number of aryl methyl sites for hydroxylation is 2. The molecule has 2 aromatic heterocycles. The summed E-state index contributed by atoms with van der Waals surface area (Å²) in [5, 5.41) is 7.76. The lowest BCUT2D eigenvalue weighted by atomic mass is 10.2. The Morgan fingerprint density at radius 1 is 1.36 bits per heavy atom.